The lowest BCUT2D eigenvalue weighted by atomic mass is 9.89. The highest BCUT2D eigenvalue weighted by atomic mass is 16.5. The van der Waals surface area contributed by atoms with E-state index < -0.39 is 0 Å². The zero-order chi connectivity index (χ0) is 13.1. The van der Waals surface area contributed by atoms with Gasteiger partial charge in [0.2, 0.25) is 0 Å². The average molecular weight is 259 g/mol. The van der Waals surface area contributed by atoms with Crippen LogP contribution in [-0.4, -0.2) is 13.2 Å². The van der Waals surface area contributed by atoms with Crippen LogP contribution in [0.3, 0.4) is 0 Å². The molecule has 2 aliphatic carbocycles. The van der Waals surface area contributed by atoms with Gasteiger partial charge in [-0.15, -0.1) is 0 Å². The summed E-state index contributed by atoms with van der Waals surface area (Å²) >= 11 is 0. The molecule has 104 valence electrons. The minimum atomic E-state index is 0.738. The number of fused-ring (bicyclic) bond motifs is 2. The van der Waals surface area contributed by atoms with Gasteiger partial charge in [-0.2, -0.15) is 0 Å². The van der Waals surface area contributed by atoms with Crippen molar-refractivity contribution in [2.45, 2.75) is 39.2 Å². The molecule has 0 amide bonds. The number of hydrogen-bond acceptors (Lipinski definition) is 2. The molecule has 0 aliphatic heterocycles. The van der Waals surface area contributed by atoms with E-state index in [0.29, 0.717) is 0 Å². The van der Waals surface area contributed by atoms with Crippen LogP contribution in [0.1, 0.15) is 38.2 Å². The van der Waals surface area contributed by atoms with Gasteiger partial charge in [-0.3, -0.25) is 0 Å². The van der Waals surface area contributed by atoms with E-state index in [2.05, 4.69) is 23.5 Å². The minimum Gasteiger partial charge on any atom is -0.494 e. The first kappa shape index (κ1) is 13.0. The van der Waals surface area contributed by atoms with Gasteiger partial charge in [-0.25, -0.2) is 0 Å². The molecule has 1 N–H and O–H groups in total. The quantitative estimate of drug-likeness (QED) is 0.842. The standard InChI is InChI=1S/C17H25NO/c1-2-19-17-5-3-4-14(10-17)11-18-12-16-9-13-6-7-15(16)8-13/h3-5,10,13,15-16,18H,2,6-9,11-12H2,1H3. The largest absolute Gasteiger partial charge is 0.494 e. The van der Waals surface area contributed by atoms with E-state index in [0.717, 1.165) is 36.7 Å². The van der Waals surface area contributed by atoms with Gasteiger partial charge in [0.1, 0.15) is 5.75 Å². The van der Waals surface area contributed by atoms with E-state index in [1.807, 2.05) is 13.0 Å². The van der Waals surface area contributed by atoms with Crippen LogP contribution < -0.4 is 10.1 Å². The lowest BCUT2D eigenvalue weighted by Gasteiger charge is -2.22. The van der Waals surface area contributed by atoms with Crippen molar-refractivity contribution < 1.29 is 4.74 Å². The summed E-state index contributed by atoms with van der Waals surface area (Å²) < 4.78 is 5.54. The topological polar surface area (TPSA) is 21.3 Å². The molecule has 3 rings (SSSR count). The second kappa shape index (κ2) is 5.96. The molecule has 0 saturated heterocycles. The van der Waals surface area contributed by atoms with Crippen molar-refractivity contribution in [3.63, 3.8) is 0 Å². The van der Waals surface area contributed by atoms with Gasteiger partial charge < -0.3 is 10.1 Å². The highest BCUT2D eigenvalue weighted by molar-refractivity contribution is 5.28. The minimum absolute atomic E-state index is 0.738. The number of ether oxygens (including phenoxy) is 1. The zero-order valence-corrected chi connectivity index (χ0v) is 11.9. The molecule has 0 aromatic heterocycles. The van der Waals surface area contributed by atoms with Crippen LogP contribution in [0.5, 0.6) is 5.75 Å². The van der Waals surface area contributed by atoms with Crippen LogP contribution in [0, 0.1) is 17.8 Å². The van der Waals surface area contributed by atoms with Crippen molar-refractivity contribution in [2.24, 2.45) is 17.8 Å². The fourth-order valence-electron chi connectivity index (χ4n) is 3.94. The maximum absolute atomic E-state index is 5.54. The second-order valence-electron chi connectivity index (χ2n) is 6.15. The molecule has 2 heteroatoms. The Hall–Kier alpha value is -1.02. The van der Waals surface area contributed by atoms with E-state index in [4.69, 9.17) is 4.74 Å². The van der Waals surface area contributed by atoms with E-state index in [1.165, 1.54) is 37.8 Å². The Kier molecular flexibility index (Phi) is 4.07. The van der Waals surface area contributed by atoms with Gasteiger partial charge in [0.15, 0.2) is 0 Å². The van der Waals surface area contributed by atoms with Gasteiger partial charge in [-0.1, -0.05) is 18.6 Å². The Morgan fingerprint density at radius 3 is 2.95 bits per heavy atom. The van der Waals surface area contributed by atoms with Crippen molar-refractivity contribution in [1.82, 2.24) is 5.32 Å². The van der Waals surface area contributed by atoms with Crippen molar-refractivity contribution in [3.8, 4) is 5.75 Å². The monoisotopic (exact) mass is 259 g/mol. The molecule has 0 radical (unpaired) electrons. The maximum atomic E-state index is 5.54. The van der Waals surface area contributed by atoms with E-state index in [1.54, 1.807) is 0 Å². The first-order valence-corrected chi connectivity index (χ1v) is 7.77. The summed E-state index contributed by atoms with van der Waals surface area (Å²) in [5.41, 5.74) is 1.33. The van der Waals surface area contributed by atoms with Crippen molar-refractivity contribution in [2.75, 3.05) is 13.2 Å². The fourth-order valence-corrected chi connectivity index (χ4v) is 3.94. The third-order valence-corrected chi connectivity index (χ3v) is 4.83. The van der Waals surface area contributed by atoms with Crippen LogP contribution >= 0.6 is 0 Å². The molecule has 0 heterocycles. The van der Waals surface area contributed by atoms with Crippen molar-refractivity contribution in [1.29, 1.82) is 0 Å². The highest BCUT2D eigenvalue weighted by Gasteiger charge is 2.38. The molecule has 1 aromatic rings. The van der Waals surface area contributed by atoms with Gasteiger partial charge in [-0.05, 0) is 68.2 Å². The van der Waals surface area contributed by atoms with Gasteiger partial charge >= 0.3 is 0 Å². The summed E-state index contributed by atoms with van der Waals surface area (Å²) in [6.45, 7) is 4.93. The fraction of sp³-hybridized carbons (Fsp3) is 0.647. The van der Waals surface area contributed by atoms with E-state index in [-0.39, 0.29) is 0 Å². The SMILES string of the molecule is CCOc1cccc(CNCC2CC3CCC2C3)c1. The molecule has 3 atom stereocenters. The maximum Gasteiger partial charge on any atom is 0.119 e. The third kappa shape index (κ3) is 3.11. The first-order chi connectivity index (χ1) is 9.35. The van der Waals surface area contributed by atoms with E-state index >= 15 is 0 Å². The summed E-state index contributed by atoms with van der Waals surface area (Å²) in [6.07, 6.45) is 5.96. The molecule has 2 nitrogen and oxygen atoms in total. The number of rotatable bonds is 6. The van der Waals surface area contributed by atoms with Crippen LogP contribution in [-0.2, 0) is 6.54 Å². The predicted molar refractivity (Wildman–Crippen MR) is 78.3 cm³/mol. The molecular formula is C17H25NO. The zero-order valence-electron chi connectivity index (χ0n) is 11.9. The molecule has 2 saturated carbocycles. The summed E-state index contributed by atoms with van der Waals surface area (Å²) in [7, 11) is 0. The summed E-state index contributed by atoms with van der Waals surface area (Å²) in [5.74, 6) is 4.00. The summed E-state index contributed by atoms with van der Waals surface area (Å²) in [6, 6.07) is 8.44. The molecule has 1 aromatic carbocycles. The Morgan fingerprint density at radius 1 is 1.26 bits per heavy atom. The molecule has 2 aliphatic rings. The van der Waals surface area contributed by atoms with Crippen molar-refractivity contribution in [3.05, 3.63) is 29.8 Å². The molecular weight excluding hydrogens is 234 g/mol. The first-order valence-electron chi connectivity index (χ1n) is 7.77. The van der Waals surface area contributed by atoms with Gasteiger partial charge in [0, 0.05) is 6.54 Å². The summed E-state index contributed by atoms with van der Waals surface area (Å²) in [5, 5.41) is 3.64. The molecule has 3 unspecified atom stereocenters. The van der Waals surface area contributed by atoms with Gasteiger partial charge in [0.25, 0.3) is 0 Å². The van der Waals surface area contributed by atoms with Gasteiger partial charge in [0.05, 0.1) is 6.61 Å². The smallest absolute Gasteiger partial charge is 0.119 e. The normalized spacial score (nSPS) is 28.8. The third-order valence-electron chi connectivity index (χ3n) is 4.83. The summed E-state index contributed by atoms with van der Waals surface area (Å²) in [4.78, 5) is 0. The lowest BCUT2D eigenvalue weighted by Crippen LogP contribution is -2.26. The highest BCUT2D eigenvalue weighted by Crippen LogP contribution is 2.47. The lowest BCUT2D eigenvalue weighted by molar-refractivity contribution is 0.318. The van der Waals surface area contributed by atoms with Crippen LogP contribution in [0.25, 0.3) is 0 Å². The molecule has 0 spiro atoms. The Balaban J connectivity index is 1.45. The Bertz CT molecular complexity index is 417. The molecule has 2 fully saturated rings. The molecule has 19 heavy (non-hydrogen) atoms. The predicted octanol–water partition coefficient (Wildman–Crippen LogP) is 3.61. The average Bonchev–Trinajstić information content (AvgIpc) is 3.02. The number of nitrogens with one attached hydrogen (secondary N) is 1. The van der Waals surface area contributed by atoms with Crippen LogP contribution in [0.2, 0.25) is 0 Å². The molecule has 2 bridgehead atoms. The van der Waals surface area contributed by atoms with Crippen molar-refractivity contribution >= 4 is 0 Å². The second-order valence-corrected chi connectivity index (χ2v) is 6.15. The Labute approximate surface area is 116 Å². The Morgan fingerprint density at radius 2 is 2.21 bits per heavy atom. The number of hydrogen-bond donors (Lipinski definition) is 1. The number of benzene rings is 1. The van der Waals surface area contributed by atoms with E-state index in [9.17, 15) is 0 Å². The van der Waals surface area contributed by atoms with Crippen LogP contribution in [0.4, 0.5) is 0 Å². The van der Waals surface area contributed by atoms with Crippen LogP contribution in [0.15, 0.2) is 24.3 Å².